The number of hydrogen-bond donors (Lipinski definition) is 0. The van der Waals surface area contributed by atoms with Crippen LogP contribution in [-0.4, -0.2) is 28.0 Å². The van der Waals surface area contributed by atoms with E-state index in [0.29, 0.717) is 5.17 Å². The van der Waals surface area contributed by atoms with Crippen molar-refractivity contribution in [2.24, 2.45) is 4.99 Å². The van der Waals surface area contributed by atoms with Crippen molar-refractivity contribution in [3.05, 3.63) is 70.8 Å². The molecule has 2 atom stereocenters. The van der Waals surface area contributed by atoms with Crippen LogP contribution in [0.3, 0.4) is 0 Å². The van der Waals surface area contributed by atoms with E-state index in [9.17, 15) is 4.79 Å². The largest absolute Gasteiger partial charge is 0.443 e. The minimum atomic E-state index is -0.569. The molecule has 1 aliphatic rings. The van der Waals surface area contributed by atoms with Crippen LogP contribution >= 0.6 is 11.8 Å². The van der Waals surface area contributed by atoms with Crippen molar-refractivity contribution in [1.82, 2.24) is 4.90 Å². The standard InChI is InChI=1S/C23H28N2O2S/c1-15-7-11-17(12-8-15)19-20(18-13-9-16(2)10-14-18)25(21(24-19)28-6)22(26)27-23(3,4)5/h7-14,19-20H,1-6H3/t19-,20+/m0/s1. The number of hydrogen-bond acceptors (Lipinski definition) is 4. The maximum absolute atomic E-state index is 13.1. The molecule has 0 unspecified atom stereocenters. The Kier molecular flexibility index (Phi) is 5.84. The van der Waals surface area contributed by atoms with Crippen molar-refractivity contribution in [3.63, 3.8) is 0 Å². The first-order valence-electron chi connectivity index (χ1n) is 9.47. The summed E-state index contributed by atoms with van der Waals surface area (Å²) in [6.45, 7) is 9.78. The predicted octanol–water partition coefficient (Wildman–Crippen LogP) is 6.06. The number of nitrogens with zero attached hydrogens (tertiary/aromatic N) is 2. The average molecular weight is 397 g/mol. The number of carbonyl (C=O) groups excluding carboxylic acids is 1. The number of amides is 1. The molecule has 0 N–H and O–H groups in total. The number of rotatable bonds is 2. The fraction of sp³-hybridized carbons (Fsp3) is 0.391. The van der Waals surface area contributed by atoms with Gasteiger partial charge in [0.05, 0.1) is 6.04 Å². The van der Waals surface area contributed by atoms with Gasteiger partial charge in [-0.3, -0.25) is 4.99 Å². The van der Waals surface area contributed by atoms with Crippen molar-refractivity contribution >= 4 is 23.0 Å². The molecule has 2 aromatic carbocycles. The summed E-state index contributed by atoms with van der Waals surface area (Å²) in [4.78, 5) is 19.8. The zero-order chi connectivity index (χ0) is 20.5. The fourth-order valence-electron chi connectivity index (χ4n) is 3.28. The number of thioether (sulfide) groups is 1. The Hall–Kier alpha value is -2.27. The normalized spacial score (nSPS) is 19.5. The highest BCUT2D eigenvalue weighted by Gasteiger charge is 2.43. The molecule has 2 aromatic rings. The van der Waals surface area contributed by atoms with Gasteiger partial charge in [0.2, 0.25) is 0 Å². The molecule has 4 nitrogen and oxygen atoms in total. The molecule has 0 radical (unpaired) electrons. The molecule has 0 aromatic heterocycles. The summed E-state index contributed by atoms with van der Waals surface area (Å²) in [6.07, 6.45) is 1.58. The van der Waals surface area contributed by atoms with Gasteiger partial charge in [-0.25, -0.2) is 9.69 Å². The van der Waals surface area contributed by atoms with Crippen LogP contribution in [0.15, 0.2) is 53.5 Å². The maximum Gasteiger partial charge on any atom is 0.417 e. The van der Waals surface area contributed by atoms with Crippen LogP contribution in [0.5, 0.6) is 0 Å². The first-order chi connectivity index (χ1) is 13.2. The van der Waals surface area contributed by atoms with Crippen LogP contribution in [0.1, 0.15) is 55.1 Å². The van der Waals surface area contributed by atoms with Crippen LogP contribution in [0.2, 0.25) is 0 Å². The van der Waals surface area contributed by atoms with E-state index >= 15 is 0 Å². The van der Waals surface area contributed by atoms with Crippen molar-refractivity contribution < 1.29 is 9.53 Å². The fourth-order valence-corrected chi connectivity index (χ4v) is 3.88. The topological polar surface area (TPSA) is 41.9 Å². The zero-order valence-corrected chi connectivity index (χ0v) is 18.2. The van der Waals surface area contributed by atoms with Crippen molar-refractivity contribution in [2.75, 3.05) is 6.26 Å². The van der Waals surface area contributed by atoms with Crippen LogP contribution in [0.25, 0.3) is 0 Å². The monoisotopic (exact) mass is 396 g/mol. The van der Waals surface area contributed by atoms with E-state index in [1.54, 1.807) is 4.90 Å². The first kappa shape index (κ1) is 20.5. The molecule has 1 aliphatic heterocycles. The molecule has 3 rings (SSSR count). The number of aliphatic imine (C=N–C) groups is 1. The second-order valence-corrected chi connectivity index (χ2v) is 8.95. The molecule has 28 heavy (non-hydrogen) atoms. The number of aryl methyl sites for hydroxylation is 2. The molecular formula is C23H28N2O2S. The third-order valence-electron chi connectivity index (χ3n) is 4.64. The predicted molar refractivity (Wildman–Crippen MR) is 117 cm³/mol. The van der Waals surface area contributed by atoms with Gasteiger partial charge in [-0.1, -0.05) is 71.4 Å². The molecule has 5 heteroatoms. The summed E-state index contributed by atoms with van der Waals surface area (Å²) in [5.74, 6) is 0. The average Bonchev–Trinajstić information content (AvgIpc) is 3.01. The number of benzene rings is 2. The van der Waals surface area contributed by atoms with Gasteiger partial charge in [-0.2, -0.15) is 0 Å². The summed E-state index contributed by atoms with van der Waals surface area (Å²) in [5, 5.41) is 0.686. The highest BCUT2D eigenvalue weighted by molar-refractivity contribution is 8.13. The van der Waals surface area contributed by atoms with Crippen LogP contribution in [-0.2, 0) is 4.74 Å². The summed E-state index contributed by atoms with van der Waals surface area (Å²) >= 11 is 1.47. The number of amidine groups is 1. The minimum absolute atomic E-state index is 0.168. The Morgan fingerprint density at radius 2 is 1.46 bits per heavy atom. The molecule has 0 saturated carbocycles. The summed E-state index contributed by atoms with van der Waals surface area (Å²) in [6, 6.07) is 16.3. The van der Waals surface area contributed by atoms with E-state index in [1.807, 2.05) is 27.0 Å². The Labute approximate surface area is 172 Å². The van der Waals surface area contributed by atoms with Gasteiger partial charge in [0.25, 0.3) is 0 Å². The van der Waals surface area contributed by atoms with Gasteiger partial charge in [-0.15, -0.1) is 0 Å². The molecule has 1 heterocycles. The van der Waals surface area contributed by atoms with Gasteiger partial charge in [0.1, 0.15) is 11.6 Å². The second kappa shape index (κ2) is 8.00. The van der Waals surface area contributed by atoms with E-state index in [1.165, 1.54) is 22.9 Å². The number of carbonyl (C=O) groups is 1. The molecule has 0 bridgehead atoms. The lowest BCUT2D eigenvalue weighted by Gasteiger charge is -2.31. The van der Waals surface area contributed by atoms with E-state index in [0.717, 1.165) is 11.1 Å². The van der Waals surface area contributed by atoms with E-state index in [-0.39, 0.29) is 18.2 Å². The quantitative estimate of drug-likeness (QED) is 0.620. The summed E-state index contributed by atoms with van der Waals surface area (Å²) in [5.41, 5.74) is 3.96. The molecule has 148 valence electrons. The summed E-state index contributed by atoms with van der Waals surface area (Å²) < 4.78 is 5.73. The van der Waals surface area contributed by atoms with Gasteiger partial charge in [0.15, 0.2) is 5.17 Å². The molecule has 0 saturated heterocycles. The van der Waals surface area contributed by atoms with Crippen LogP contribution in [0, 0.1) is 13.8 Å². The SMILES string of the molecule is CSC1=N[C@@H](c2ccc(C)cc2)[C@@H](c2ccc(C)cc2)N1C(=O)OC(C)(C)C. The third kappa shape index (κ3) is 4.41. The third-order valence-corrected chi connectivity index (χ3v) is 5.31. The highest BCUT2D eigenvalue weighted by Crippen LogP contribution is 2.44. The zero-order valence-electron chi connectivity index (χ0n) is 17.4. The highest BCUT2D eigenvalue weighted by atomic mass is 32.2. The lowest BCUT2D eigenvalue weighted by molar-refractivity contribution is 0.0320. The Morgan fingerprint density at radius 3 is 1.93 bits per heavy atom. The number of ether oxygens (including phenoxy) is 1. The Balaban J connectivity index is 2.07. The second-order valence-electron chi connectivity index (χ2n) is 8.18. The Bertz CT molecular complexity index is 867. The Morgan fingerprint density at radius 1 is 0.964 bits per heavy atom. The molecular weight excluding hydrogens is 368 g/mol. The van der Waals surface area contributed by atoms with Crippen LogP contribution < -0.4 is 0 Å². The summed E-state index contributed by atoms with van der Waals surface area (Å²) in [7, 11) is 0. The maximum atomic E-state index is 13.1. The molecule has 1 amide bonds. The lowest BCUT2D eigenvalue weighted by Crippen LogP contribution is -2.40. The van der Waals surface area contributed by atoms with Gasteiger partial charge >= 0.3 is 6.09 Å². The molecule has 0 fully saturated rings. The first-order valence-corrected chi connectivity index (χ1v) is 10.7. The minimum Gasteiger partial charge on any atom is -0.443 e. The van der Waals surface area contributed by atoms with Gasteiger partial charge < -0.3 is 4.74 Å². The molecule has 0 aliphatic carbocycles. The van der Waals surface area contributed by atoms with Gasteiger partial charge in [-0.05, 0) is 52.0 Å². The van der Waals surface area contributed by atoms with E-state index in [2.05, 4.69) is 62.4 Å². The van der Waals surface area contributed by atoms with Gasteiger partial charge in [0, 0.05) is 0 Å². The van der Waals surface area contributed by atoms with Crippen molar-refractivity contribution in [3.8, 4) is 0 Å². The van der Waals surface area contributed by atoms with Crippen LogP contribution in [0.4, 0.5) is 4.79 Å². The van der Waals surface area contributed by atoms with E-state index < -0.39 is 5.60 Å². The smallest absolute Gasteiger partial charge is 0.417 e. The van der Waals surface area contributed by atoms with Crippen molar-refractivity contribution in [2.45, 2.75) is 52.3 Å². The molecule has 0 spiro atoms. The van der Waals surface area contributed by atoms with Crippen molar-refractivity contribution in [1.29, 1.82) is 0 Å². The lowest BCUT2D eigenvalue weighted by atomic mass is 9.93. The van der Waals surface area contributed by atoms with E-state index in [4.69, 9.17) is 9.73 Å².